The van der Waals surface area contributed by atoms with Crippen molar-refractivity contribution in [3.8, 4) is 0 Å². The third-order valence-corrected chi connectivity index (χ3v) is 2.86. The first-order valence-corrected chi connectivity index (χ1v) is 4.53. The minimum Gasteiger partial charge on any atom is -0.481 e. The number of carboxylic acids is 1. The zero-order chi connectivity index (χ0) is 10.1. The molecule has 4 heteroatoms. The predicted molar refractivity (Wildman–Crippen MR) is 48.3 cm³/mol. The van der Waals surface area contributed by atoms with E-state index < -0.39 is 11.4 Å². The van der Waals surface area contributed by atoms with E-state index in [0.29, 0.717) is 13.2 Å². The molecule has 0 aliphatic carbocycles. The molecule has 76 valence electrons. The van der Waals surface area contributed by atoms with E-state index in [0.717, 1.165) is 6.42 Å². The van der Waals surface area contributed by atoms with Gasteiger partial charge < -0.3 is 15.6 Å². The van der Waals surface area contributed by atoms with Crippen molar-refractivity contribution in [3.05, 3.63) is 0 Å². The van der Waals surface area contributed by atoms with Gasteiger partial charge >= 0.3 is 5.97 Å². The van der Waals surface area contributed by atoms with E-state index in [1.165, 1.54) is 0 Å². The fourth-order valence-electron chi connectivity index (χ4n) is 1.57. The molecule has 0 saturated carbocycles. The molecule has 0 amide bonds. The van der Waals surface area contributed by atoms with Crippen molar-refractivity contribution < 1.29 is 14.6 Å². The van der Waals surface area contributed by atoms with Crippen LogP contribution in [-0.2, 0) is 9.53 Å². The van der Waals surface area contributed by atoms with Gasteiger partial charge in [-0.1, -0.05) is 0 Å². The van der Waals surface area contributed by atoms with Gasteiger partial charge in [0.1, 0.15) is 0 Å². The summed E-state index contributed by atoms with van der Waals surface area (Å²) in [7, 11) is 0. The normalized spacial score (nSPS) is 25.9. The Bertz CT molecular complexity index is 197. The van der Waals surface area contributed by atoms with Crippen LogP contribution in [0.15, 0.2) is 0 Å². The molecule has 0 aromatic rings. The van der Waals surface area contributed by atoms with Gasteiger partial charge in [-0.3, -0.25) is 4.79 Å². The molecular formula is C9H17NO3. The highest BCUT2D eigenvalue weighted by atomic mass is 16.5. The van der Waals surface area contributed by atoms with Crippen LogP contribution < -0.4 is 5.73 Å². The summed E-state index contributed by atoms with van der Waals surface area (Å²) < 4.78 is 5.18. The van der Waals surface area contributed by atoms with Gasteiger partial charge in [0.05, 0.1) is 12.0 Å². The highest BCUT2D eigenvalue weighted by Crippen LogP contribution is 2.29. The molecular weight excluding hydrogens is 170 g/mol. The summed E-state index contributed by atoms with van der Waals surface area (Å²) in [5.41, 5.74) is 5.03. The molecule has 4 nitrogen and oxygen atoms in total. The van der Waals surface area contributed by atoms with E-state index in [1.807, 2.05) is 0 Å². The van der Waals surface area contributed by atoms with Crippen LogP contribution in [0.25, 0.3) is 0 Å². The smallest absolute Gasteiger partial charge is 0.310 e. The topological polar surface area (TPSA) is 72.5 Å². The first-order chi connectivity index (χ1) is 5.96. The number of hydrogen-bond acceptors (Lipinski definition) is 3. The Balaban J connectivity index is 2.64. The molecule has 0 radical (unpaired) electrons. The molecule has 0 aromatic carbocycles. The van der Waals surface area contributed by atoms with E-state index >= 15 is 0 Å². The van der Waals surface area contributed by atoms with Crippen molar-refractivity contribution in [2.75, 3.05) is 13.2 Å². The number of carboxylic acid groups (broad SMARTS) is 1. The lowest BCUT2D eigenvalue weighted by molar-refractivity contribution is -0.148. The monoisotopic (exact) mass is 187 g/mol. The number of rotatable bonds is 3. The van der Waals surface area contributed by atoms with Gasteiger partial charge in [0.2, 0.25) is 0 Å². The van der Waals surface area contributed by atoms with E-state index in [1.54, 1.807) is 13.8 Å². The van der Waals surface area contributed by atoms with Crippen LogP contribution in [-0.4, -0.2) is 30.3 Å². The Labute approximate surface area is 78.1 Å². The zero-order valence-electron chi connectivity index (χ0n) is 8.12. The van der Waals surface area contributed by atoms with Crippen molar-refractivity contribution in [2.24, 2.45) is 17.1 Å². The number of hydrogen-bond donors (Lipinski definition) is 2. The van der Waals surface area contributed by atoms with Crippen molar-refractivity contribution in [1.29, 1.82) is 0 Å². The predicted octanol–water partition coefficient (Wildman–Crippen LogP) is 0.461. The quantitative estimate of drug-likeness (QED) is 0.673. The second-order valence-corrected chi connectivity index (χ2v) is 4.18. The van der Waals surface area contributed by atoms with Crippen molar-refractivity contribution >= 4 is 5.97 Å². The summed E-state index contributed by atoms with van der Waals surface area (Å²) in [5.74, 6) is -0.655. The van der Waals surface area contributed by atoms with Crippen LogP contribution in [0.5, 0.6) is 0 Å². The first-order valence-electron chi connectivity index (χ1n) is 4.53. The average molecular weight is 187 g/mol. The summed E-state index contributed by atoms with van der Waals surface area (Å²) >= 11 is 0. The van der Waals surface area contributed by atoms with Gasteiger partial charge in [-0.05, 0) is 20.3 Å². The van der Waals surface area contributed by atoms with Gasteiger partial charge in [0.15, 0.2) is 0 Å². The molecule has 13 heavy (non-hydrogen) atoms. The molecule has 2 atom stereocenters. The molecule has 3 N–H and O–H groups in total. The maximum absolute atomic E-state index is 10.9. The van der Waals surface area contributed by atoms with Gasteiger partial charge in [-0.15, -0.1) is 0 Å². The van der Waals surface area contributed by atoms with Crippen molar-refractivity contribution in [1.82, 2.24) is 0 Å². The summed E-state index contributed by atoms with van der Waals surface area (Å²) in [5, 5.41) is 8.95. The zero-order valence-corrected chi connectivity index (χ0v) is 8.12. The molecule has 0 bridgehead atoms. The minimum atomic E-state index is -0.863. The molecule has 1 heterocycles. The fourth-order valence-corrected chi connectivity index (χ4v) is 1.57. The lowest BCUT2D eigenvalue weighted by atomic mass is 9.77. The van der Waals surface area contributed by atoms with Gasteiger partial charge in [-0.2, -0.15) is 0 Å². The second kappa shape index (κ2) is 3.64. The summed E-state index contributed by atoms with van der Waals surface area (Å²) in [6.45, 7) is 4.63. The second-order valence-electron chi connectivity index (χ2n) is 4.18. The van der Waals surface area contributed by atoms with Gasteiger partial charge in [0, 0.05) is 18.6 Å². The number of nitrogens with two attached hydrogens (primary N) is 1. The summed E-state index contributed by atoms with van der Waals surface area (Å²) in [6, 6.07) is -0.326. The summed E-state index contributed by atoms with van der Waals surface area (Å²) in [6.07, 6.45) is 0.873. The third kappa shape index (κ3) is 2.00. The molecule has 2 unspecified atom stereocenters. The molecule has 1 aliphatic heterocycles. The largest absolute Gasteiger partial charge is 0.481 e. The molecule has 1 aliphatic rings. The lowest BCUT2D eigenvalue weighted by Gasteiger charge is -2.30. The Morgan fingerprint density at radius 2 is 2.31 bits per heavy atom. The Morgan fingerprint density at radius 3 is 2.69 bits per heavy atom. The van der Waals surface area contributed by atoms with Crippen LogP contribution >= 0.6 is 0 Å². The van der Waals surface area contributed by atoms with E-state index in [9.17, 15) is 4.79 Å². The molecule has 0 aromatic heterocycles. The molecule has 1 fully saturated rings. The third-order valence-electron chi connectivity index (χ3n) is 2.86. The SMILES string of the molecule is CC(C)(C(=O)O)C(N)C1CCOC1. The Hall–Kier alpha value is -0.610. The van der Waals surface area contributed by atoms with E-state index in [2.05, 4.69) is 0 Å². The van der Waals surface area contributed by atoms with Crippen LogP contribution in [0.4, 0.5) is 0 Å². The van der Waals surface area contributed by atoms with Gasteiger partial charge in [-0.25, -0.2) is 0 Å². The fraction of sp³-hybridized carbons (Fsp3) is 0.889. The minimum absolute atomic E-state index is 0.186. The standard InChI is InChI=1S/C9H17NO3/c1-9(2,8(11)12)7(10)6-3-4-13-5-6/h6-7H,3-5,10H2,1-2H3,(H,11,12). The van der Waals surface area contributed by atoms with Crippen LogP contribution in [0.2, 0.25) is 0 Å². The van der Waals surface area contributed by atoms with Crippen LogP contribution in [0, 0.1) is 11.3 Å². The Morgan fingerprint density at radius 1 is 1.69 bits per heavy atom. The van der Waals surface area contributed by atoms with Crippen molar-refractivity contribution in [3.63, 3.8) is 0 Å². The molecule has 1 saturated heterocycles. The molecule has 1 rings (SSSR count). The first kappa shape index (κ1) is 10.5. The number of carbonyl (C=O) groups is 1. The highest BCUT2D eigenvalue weighted by Gasteiger charge is 2.40. The Kier molecular flexibility index (Phi) is 2.93. The van der Waals surface area contributed by atoms with E-state index in [4.69, 9.17) is 15.6 Å². The van der Waals surface area contributed by atoms with Crippen LogP contribution in [0.1, 0.15) is 20.3 Å². The van der Waals surface area contributed by atoms with Crippen molar-refractivity contribution in [2.45, 2.75) is 26.3 Å². The lowest BCUT2D eigenvalue weighted by Crippen LogP contribution is -2.48. The number of ether oxygens (including phenoxy) is 1. The highest BCUT2D eigenvalue weighted by molar-refractivity contribution is 5.74. The van der Waals surface area contributed by atoms with Crippen LogP contribution in [0.3, 0.4) is 0 Å². The van der Waals surface area contributed by atoms with E-state index in [-0.39, 0.29) is 12.0 Å². The maximum Gasteiger partial charge on any atom is 0.310 e. The maximum atomic E-state index is 10.9. The van der Waals surface area contributed by atoms with Gasteiger partial charge in [0.25, 0.3) is 0 Å². The average Bonchev–Trinajstić information content (AvgIpc) is 2.54. The summed E-state index contributed by atoms with van der Waals surface area (Å²) in [4.78, 5) is 10.9. The molecule has 0 spiro atoms. The number of aliphatic carboxylic acids is 1.